The van der Waals surface area contributed by atoms with E-state index in [1.54, 1.807) is 0 Å². The van der Waals surface area contributed by atoms with Crippen molar-refractivity contribution >= 4 is 30.1 Å². The van der Waals surface area contributed by atoms with E-state index in [4.69, 9.17) is 0 Å². The summed E-state index contributed by atoms with van der Waals surface area (Å²) in [4.78, 5) is 11.7. The van der Waals surface area contributed by atoms with Crippen molar-refractivity contribution in [2.45, 2.75) is 46.0 Å². The number of halogens is 1. The Morgan fingerprint density at radius 2 is 2.00 bits per heavy atom. The predicted octanol–water partition coefficient (Wildman–Crippen LogP) is 2.84. The second-order valence-corrected chi connectivity index (χ2v) is 6.78. The van der Waals surface area contributed by atoms with Gasteiger partial charge in [-0.15, -0.1) is 12.4 Å². The van der Waals surface area contributed by atoms with Crippen LogP contribution in [0.25, 0.3) is 0 Å². The summed E-state index contributed by atoms with van der Waals surface area (Å²) in [5.74, 6) is 2.37. The summed E-state index contributed by atoms with van der Waals surface area (Å²) in [6.45, 7) is 7.49. The zero-order valence-corrected chi connectivity index (χ0v) is 13.9. The maximum absolute atomic E-state index is 11.7. The Bertz CT molecular complexity index is 246. The molecule has 1 saturated heterocycles. The first-order chi connectivity index (χ1) is 8.66. The number of rotatable bonds is 8. The molecule has 1 aliphatic heterocycles. The molecule has 0 radical (unpaired) electrons. The van der Waals surface area contributed by atoms with Gasteiger partial charge in [0.05, 0.1) is 0 Å². The lowest BCUT2D eigenvalue weighted by Gasteiger charge is -2.34. The molecule has 0 spiro atoms. The van der Waals surface area contributed by atoms with Crippen LogP contribution in [0.5, 0.6) is 0 Å². The zero-order valence-electron chi connectivity index (χ0n) is 12.3. The van der Waals surface area contributed by atoms with Crippen molar-refractivity contribution in [2.24, 2.45) is 5.41 Å². The van der Waals surface area contributed by atoms with Crippen molar-refractivity contribution in [2.75, 3.05) is 31.1 Å². The van der Waals surface area contributed by atoms with Crippen LogP contribution in [0.3, 0.4) is 0 Å². The van der Waals surface area contributed by atoms with Crippen LogP contribution in [0.2, 0.25) is 0 Å². The maximum Gasteiger partial charge on any atom is 0.220 e. The number of piperidine rings is 1. The summed E-state index contributed by atoms with van der Waals surface area (Å²) in [6, 6.07) is 0. The first-order valence-corrected chi connectivity index (χ1v) is 8.37. The van der Waals surface area contributed by atoms with E-state index in [1.807, 2.05) is 11.8 Å². The number of nitrogens with one attached hydrogen (secondary N) is 2. The molecule has 2 N–H and O–H groups in total. The minimum atomic E-state index is 0. The summed E-state index contributed by atoms with van der Waals surface area (Å²) in [7, 11) is 0. The lowest BCUT2D eigenvalue weighted by molar-refractivity contribution is -0.121. The van der Waals surface area contributed by atoms with Gasteiger partial charge in [-0.3, -0.25) is 4.79 Å². The summed E-state index contributed by atoms with van der Waals surface area (Å²) in [5, 5.41) is 6.47. The smallest absolute Gasteiger partial charge is 0.220 e. The van der Waals surface area contributed by atoms with Crippen LogP contribution in [0.15, 0.2) is 0 Å². The van der Waals surface area contributed by atoms with Gasteiger partial charge in [0, 0.05) is 18.7 Å². The molecule has 3 nitrogen and oxygen atoms in total. The molecule has 0 unspecified atom stereocenters. The summed E-state index contributed by atoms with van der Waals surface area (Å²) >= 11 is 1.90. The van der Waals surface area contributed by atoms with Gasteiger partial charge >= 0.3 is 0 Å². The summed E-state index contributed by atoms with van der Waals surface area (Å²) < 4.78 is 0. The minimum absolute atomic E-state index is 0. The molecule has 1 aliphatic rings. The average molecular weight is 309 g/mol. The highest BCUT2D eigenvalue weighted by Crippen LogP contribution is 2.26. The molecule has 19 heavy (non-hydrogen) atoms. The van der Waals surface area contributed by atoms with Crippen molar-refractivity contribution in [1.82, 2.24) is 10.6 Å². The van der Waals surface area contributed by atoms with E-state index in [-0.39, 0.29) is 18.3 Å². The largest absolute Gasteiger partial charge is 0.356 e. The monoisotopic (exact) mass is 308 g/mol. The van der Waals surface area contributed by atoms with Crippen molar-refractivity contribution in [3.05, 3.63) is 0 Å². The molecule has 1 heterocycles. The molecule has 1 rings (SSSR count). The minimum Gasteiger partial charge on any atom is -0.356 e. The summed E-state index contributed by atoms with van der Waals surface area (Å²) in [6.07, 6.45) is 5.50. The van der Waals surface area contributed by atoms with Crippen molar-refractivity contribution < 1.29 is 4.79 Å². The van der Waals surface area contributed by atoms with E-state index in [0.717, 1.165) is 25.4 Å². The number of thioether (sulfide) groups is 1. The molecule has 0 aromatic heterocycles. The van der Waals surface area contributed by atoms with Crippen LogP contribution < -0.4 is 10.6 Å². The maximum atomic E-state index is 11.7. The molecule has 0 aromatic carbocycles. The molecule has 114 valence electrons. The van der Waals surface area contributed by atoms with Crippen molar-refractivity contribution in [1.29, 1.82) is 0 Å². The Labute approximate surface area is 128 Å². The van der Waals surface area contributed by atoms with Crippen LogP contribution in [-0.4, -0.2) is 37.0 Å². The normalized spacial score (nSPS) is 17.6. The highest BCUT2D eigenvalue weighted by Gasteiger charge is 2.26. The Balaban J connectivity index is 0.00000324. The van der Waals surface area contributed by atoms with Gasteiger partial charge in [0.15, 0.2) is 0 Å². The number of unbranched alkanes of at least 4 members (excludes halogenated alkanes) is 1. The van der Waals surface area contributed by atoms with E-state index in [2.05, 4.69) is 24.5 Å². The first kappa shape index (κ1) is 19.1. The average Bonchev–Trinajstić information content (AvgIpc) is 2.37. The summed E-state index contributed by atoms with van der Waals surface area (Å²) in [5.41, 5.74) is 0.302. The van der Waals surface area contributed by atoms with Crippen LogP contribution in [0, 0.1) is 5.41 Å². The topological polar surface area (TPSA) is 41.1 Å². The molecular weight excluding hydrogens is 280 g/mol. The van der Waals surface area contributed by atoms with Crippen molar-refractivity contribution in [3.8, 4) is 0 Å². The quantitative estimate of drug-likeness (QED) is 0.678. The van der Waals surface area contributed by atoms with E-state index in [0.29, 0.717) is 11.8 Å². The fraction of sp³-hybridized carbons (Fsp3) is 0.929. The highest BCUT2D eigenvalue weighted by atomic mass is 35.5. The molecule has 1 fully saturated rings. The Kier molecular flexibility index (Phi) is 10.8. The van der Waals surface area contributed by atoms with Gasteiger partial charge < -0.3 is 10.6 Å². The number of amides is 1. The van der Waals surface area contributed by atoms with Gasteiger partial charge in [-0.2, -0.15) is 11.8 Å². The van der Waals surface area contributed by atoms with Gasteiger partial charge in [0.1, 0.15) is 0 Å². The molecule has 0 saturated carbocycles. The van der Waals surface area contributed by atoms with Gasteiger partial charge in [-0.1, -0.05) is 20.3 Å². The van der Waals surface area contributed by atoms with Gasteiger partial charge in [-0.05, 0) is 43.5 Å². The third-order valence-electron chi connectivity index (χ3n) is 3.64. The number of carbonyl (C=O) groups is 1. The molecule has 0 atom stereocenters. The Hall–Kier alpha value is 0.0700. The fourth-order valence-corrected chi connectivity index (χ4v) is 3.15. The number of hydrogen-bond acceptors (Lipinski definition) is 3. The van der Waals surface area contributed by atoms with Gasteiger partial charge in [0.2, 0.25) is 5.91 Å². The van der Waals surface area contributed by atoms with E-state index in [9.17, 15) is 4.79 Å². The van der Waals surface area contributed by atoms with Crippen LogP contribution in [0.1, 0.15) is 46.0 Å². The lowest BCUT2D eigenvalue weighted by atomic mass is 9.81. The first-order valence-electron chi connectivity index (χ1n) is 7.21. The van der Waals surface area contributed by atoms with E-state index < -0.39 is 0 Å². The van der Waals surface area contributed by atoms with Crippen LogP contribution >= 0.6 is 24.2 Å². The second-order valence-electron chi connectivity index (χ2n) is 5.55. The van der Waals surface area contributed by atoms with Crippen LogP contribution in [-0.2, 0) is 4.79 Å². The van der Waals surface area contributed by atoms with E-state index in [1.165, 1.54) is 31.4 Å². The highest BCUT2D eigenvalue weighted by molar-refractivity contribution is 7.99. The molecule has 5 heteroatoms. The number of carbonyl (C=O) groups excluding carboxylic acids is 1. The van der Waals surface area contributed by atoms with Gasteiger partial charge in [0.25, 0.3) is 0 Å². The van der Waals surface area contributed by atoms with Crippen LogP contribution in [0.4, 0.5) is 0 Å². The lowest BCUT2D eigenvalue weighted by Crippen LogP contribution is -2.42. The second kappa shape index (κ2) is 10.8. The third-order valence-corrected chi connectivity index (χ3v) is 4.71. The Morgan fingerprint density at radius 1 is 1.32 bits per heavy atom. The molecule has 1 amide bonds. The standard InChI is InChI=1S/C14H28N2OS.ClH/c1-3-4-10-18-11-5-13(17)16-12-14(2)6-8-15-9-7-14;/h15H,3-12H2,1-2H3,(H,16,17);1H. The SMILES string of the molecule is CCCCSCCC(=O)NCC1(C)CCNCC1.Cl. The third kappa shape index (κ3) is 8.77. The fourth-order valence-electron chi connectivity index (χ4n) is 2.12. The molecule has 0 aliphatic carbocycles. The molecular formula is C14H29ClN2OS. The number of hydrogen-bond donors (Lipinski definition) is 2. The van der Waals surface area contributed by atoms with Crippen molar-refractivity contribution in [3.63, 3.8) is 0 Å². The Morgan fingerprint density at radius 3 is 2.63 bits per heavy atom. The zero-order chi connectivity index (χ0) is 13.3. The molecule has 0 bridgehead atoms. The van der Waals surface area contributed by atoms with E-state index >= 15 is 0 Å². The predicted molar refractivity (Wildman–Crippen MR) is 87.3 cm³/mol. The molecule has 0 aromatic rings. The van der Waals surface area contributed by atoms with Gasteiger partial charge in [-0.25, -0.2) is 0 Å².